The van der Waals surface area contributed by atoms with Crippen LogP contribution in [0.5, 0.6) is 0 Å². The molecule has 1 atom stereocenters. The van der Waals surface area contributed by atoms with Crippen LogP contribution in [0.15, 0.2) is 112 Å². The van der Waals surface area contributed by atoms with E-state index in [0.717, 1.165) is 25.5 Å². The lowest BCUT2D eigenvalue weighted by Gasteiger charge is -2.35. The summed E-state index contributed by atoms with van der Waals surface area (Å²) < 4.78 is 30.2. The Labute approximate surface area is 279 Å². The minimum absolute atomic E-state index is 0.0432. The van der Waals surface area contributed by atoms with Gasteiger partial charge in [-0.25, -0.2) is 8.42 Å². The maximum Gasteiger partial charge on any atom is 0.264 e. The summed E-state index contributed by atoms with van der Waals surface area (Å²) in [6.07, 6.45) is 0.233. The molecule has 0 aliphatic rings. The van der Waals surface area contributed by atoms with Crippen molar-refractivity contribution in [2.45, 2.75) is 57.1 Å². The Morgan fingerprint density at radius 2 is 1.44 bits per heavy atom. The molecule has 4 aromatic carbocycles. The molecule has 236 valence electrons. The van der Waals surface area contributed by atoms with Crippen molar-refractivity contribution in [2.24, 2.45) is 0 Å². The molecule has 0 saturated heterocycles. The lowest BCUT2D eigenvalue weighted by molar-refractivity contribution is -0.140. The molecule has 4 aromatic rings. The fraction of sp³-hybridized carbons (Fsp3) is 0.257. The van der Waals surface area contributed by atoms with Crippen LogP contribution in [0.3, 0.4) is 0 Å². The molecular formula is C35H37BrClN3O4S. The number of amides is 2. The Bertz CT molecular complexity index is 1710. The number of anilines is 1. The van der Waals surface area contributed by atoms with Crippen molar-refractivity contribution in [3.63, 3.8) is 0 Å². The summed E-state index contributed by atoms with van der Waals surface area (Å²) in [5, 5.41) is 3.46. The van der Waals surface area contributed by atoms with Crippen LogP contribution in [0, 0.1) is 6.92 Å². The van der Waals surface area contributed by atoms with Crippen molar-refractivity contribution in [3.05, 3.63) is 129 Å². The second kappa shape index (κ2) is 14.6. The molecule has 1 N–H and O–H groups in total. The minimum atomic E-state index is -4.19. The molecule has 0 aliphatic heterocycles. The monoisotopic (exact) mass is 709 g/mol. The molecule has 2 amide bonds. The van der Waals surface area contributed by atoms with Gasteiger partial charge in [0.15, 0.2) is 0 Å². The van der Waals surface area contributed by atoms with Crippen LogP contribution in [0.4, 0.5) is 5.69 Å². The summed E-state index contributed by atoms with van der Waals surface area (Å²) in [6, 6.07) is 28.7. The normalized spacial score (nSPS) is 12.3. The summed E-state index contributed by atoms with van der Waals surface area (Å²) in [7, 11) is -4.19. The predicted molar refractivity (Wildman–Crippen MR) is 184 cm³/mol. The van der Waals surface area contributed by atoms with Crippen molar-refractivity contribution in [3.8, 4) is 0 Å². The quantitative estimate of drug-likeness (QED) is 0.179. The maximum atomic E-state index is 14.5. The third kappa shape index (κ3) is 9.42. The Hall–Kier alpha value is -3.66. The van der Waals surface area contributed by atoms with E-state index in [1.807, 2.05) is 82.3 Å². The van der Waals surface area contributed by atoms with E-state index >= 15 is 0 Å². The number of nitrogens with zero attached hydrogens (tertiary/aromatic N) is 2. The fourth-order valence-electron chi connectivity index (χ4n) is 4.77. The third-order valence-corrected chi connectivity index (χ3v) is 9.61. The van der Waals surface area contributed by atoms with Crippen molar-refractivity contribution in [2.75, 3.05) is 10.8 Å². The lowest BCUT2D eigenvalue weighted by Crippen LogP contribution is -2.56. The van der Waals surface area contributed by atoms with Gasteiger partial charge in [0.25, 0.3) is 10.0 Å². The Morgan fingerprint density at radius 1 is 0.844 bits per heavy atom. The van der Waals surface area contributed by atoms with Gasteiger partial charge in [-0.2, -0.15) is 0 Å². The second-order valence-corrected chi connectivity index (χ2v) is 15.1. The zero-order valence-electron chi connectivity index (χ0n) is 25.7. The van der Waals surface area contributed by atoms with Gasteiger partial charge in [0.05, 0.1) is 10.6 Å². The largest absolute Gasteiger partial charge is 0.350 e. The van der Waals surface area contributed by atoms with Gasteiger partial charge in [-0.1, -0.05) is 87.7 Å². The molecule has 4 rings (SSSR count). The molecule has 0 bridgehead atoms. The zero-order chi connectivity index (χ0) is 32.8. The van der Waals surface area contributed by atoms with Crippen LogP contribution >= 0.6 is 27.5 Å². The van der Waals surface area contributed by atoms with Gasteiger partial charge in [-0.3, -0.25) is 13.9 Å². The van der Waals surface area contributed by atoms with Gasteiger partial charge in [-0.05, 0) is 87.4 Å². The number of sulfonamides is 1. The van der Waals surface area contributed by atoms with E-state index in [9.17, 15) is 18.0 Å². The van der Waals surface area contributed by atoms with Gasteiger partial charge >= 0.3 is 0 Å². The first-order chi connectivity index (χ1) is 21.2. The van der Waals surface area contributed by atoms with Gasteiger partial charge in [-0.15, -0.1) is 0 Å². The predicted octanol–water partition coefficient (Wildman–Crippen LogP) is 7.16. The molecule has 0 radical (unpaired) electrons. The average molecular weight is 711 g/mol. The molecule has 0 aromatic heterocycles. The molecular weight excluding hydrogens is 674 g/mol. The van der Waals surface area contributed by atoms with E-state index in [1.165, 1.54) is 17.0 Å². The maximum absolute atomic E-state index is 14.5. The van der Waals surface area contributed by atoms with E-state index in [2.05, 4.69) is 21.2 Å². The first-order valence-corrected chi connectivity index (χ1v) is 17.1. The summed E-state index contributed by atoms with van der Waals surface area (Å²) in [5.41, 5.74) is 2.25. The number of hydrogen-bond donors (Lipinski definition) is 1. The van der Waals surface area contributed by atoms with E-state index in [-0.39, 0.29) is 29.5 Å². The summed E-state index contributed by atoms with van der Waals surface area (Å²) in [5.74, 6) is -0.871. The number of aryl methyl sites for hydroxylation is 1. The van der Waals surface area contributed by atoms with Crippen molar-refractivity contribution < 1.29 is 18.0 Å². The second-order valence-electron chi connectivity index (χ2n) is 11.9. The van der Waals surface area contributed by atoms with E-state index in [1.54, 1.807) is 36.4 Å². The van der Waals surface area contributed by atoms with Gasteiger partial charge in [0, 0.05) is 28.0 Å². The molecule has 0 fully saturated rings. The van der Waals surface area contributed by atoms with Gasteiger partial charge in [0.1, 0.15) is 12.6 Å². The Kier molecular flexibility index (Phi) is 11.1. The lowest BCUT2D eigenvalue weighted by atomic mass is 10.0. The molecule has 0 heterocycles. The topological polar surface area (TPSA) is 86.8 Å². The van der Waals surface area contributed by atoms with Crippen LogP contribution in [-0.2, 0) is 32.6 Å². The number of halogens is 2. The van der Waals surface area contributed by atoms with E-state index in [4.69, 9.17) is 11.6 Å². The third-order valence-electron chi connectivity index (χ3n) is 7.04. The van der Waals surface area contributed by atoms with Gasteiger partial charge < -0.3 is 10.2 Å². The molecule has 7 nitrogen and oxygen atoms in total. The van der Waals surface area contributed by atoms with Crippen LogP contribution in [-0.4, -0.2) is 43.3 Å². The number of rotatable bonds is 11. The molecule has 0 spiro atoms. The SMILES string of the molecule is Cc1ccc(S(=O)(=O)N(CC(=O)N(Cc2ccc(Br)cc2)[C@@H](Cc2ccccc2)C(=O)NC(C)(C)C)c2ccc(Cl)cc2)cc1. The first-order valence-electron chi connectivity index (χ1n) is 14.5. The van der Waals surface area contributed by atoms with E-state index < -0.39 is 34.1 Å². The van der Waals surface area contributed by atoms with Crippen LogP contribution in [0.1, 0.15) is 37.5 Å². The minimum Gasteiger partial charge on any atom is -0.350 e. The number of hydrogen-bond acceptors (Lipinski definition) is 4. The van der Waals surface area contributed by atoms with Crippen LogP contribution in [0.25, 0.3) is 0 Å². The van der Waals surface area contributed by atoms with Crippen molar-refractivity contribution >= 4 is 55.1 Å². The van der Waals surface area contributed by atoms with Crippen molar-refractivity contribution in [1.82, 2.24) is 10.2 Å². The summed E-state index contributed by atoms with van der Waals surface area (Å²) in [4.78, 5) is 30.0. The highest BCUT2D eigenvalue weighted by atomic mass is 79.9. The van der Waals surface area contributed by atoms with Crippen molar-refractivity contribution in [1.29, 1.82) is 0 Å². The average Bonchev–Trinajstić information content (AvgIpc) is 2.99. The number of carbonyl (C=O) groups is 2. The molecule has 10 heteroatoms. The highest BCUT2D eigenvalue weighted by Gasteiger charge is 2.35. The number of benzene rings is 4. The fourth-order valence-corrected chi connectivity index (χ4v) is 6.57. The molecule has 0 unspecified atom stereocenters. The van der Waals surface area contributed by atoms with Crippen LogP contribution < -0.4 is 9.62 Å². The smallest absolute Gasteiger partial charge is 0.264 e. The highest BCUT2D eigenvalue weighted by Crippen LogP contribution is 2.27. The molecule has 0 aliphatic carbocycles. The first kappa shape index (κ1) is 34.2. The Morgan fingerprint density at radius 3 is 2.02 bits per heavy atom. The molecule has 0 saturated carbocycles. The Balaban J connectivity index is 1.81. The summed E-state index contributed by atoms with van der Waals surface area (Å²) >= 11 is 9.59. The number of nitrogens with one attached hydrogen (secondary N) is 1. The standard InChI is InChI=1S/C35H37BrClN3O4S/c1-25-10-20-31(21-11-25)45(43,44)40(30-18-16-29(37)17-19-30)24-33(41)39(23-27-12-14-28(36)15-13-27)32(34(42)38-35(2,3)4)22-26-8-6-5-7-9-26/h5-21,32H,22-24H2,1-4H3,(H,38,42)/t32-/m0/s1. The summed E-state index contributed by atoms with van der Waals surface area (Å²) in [6.45, 7) is 7.04. The number of carbonyl (C=O) groups excluding carboxylic acids is 2. The molecule has 45 heavy (non-hydrogen) atoms. The zero-order valence-corrected chi connectivity index (χ0v) is 28.9. The van der Waals surface area contributed by atoms with E-state index in [0.29, 0.717) is 5.02 Å². The highest BCUT2D eigenvalue weighted by molar-refractivity contribution is 9.10. The van der Waals surface area contributed by atoms with Gasteiger partial charge in [0.2, 0.25) is 11.8 Å². The van der Waals surface area contributed by atoms with Crippen LogP contribution in [0.2, 0.25) is 5.02 Å².